The Morgan fingerprint density at radius 1 is 1.07 bits per heavy atom. The standard InChI is InChI=1S/C37H46N2O/c1-5-7-23-39-26-36(34-22-13-27(3)24-28(34)4)38-37(39)35(31-11-9-8-10-12-31)25-30-16-20-33(21-17-30)40-32-18-14-29(6-2)15-19-32/h6,13-18,20-22,24,26,31-32,35H,2,5,7-12,19,23,25H2,1,3-4H3. The molecule has 3 nitrogen and oxygen atoms in total. The third-order valence-electron chi connectivity index (χ3n) is 8.76. The molecule has 40 heavy (non-hydrogen) atoms. The van der Waals surface area contributed by atoms with Crippen molar-refractivity contribution in [2.45, 2.75) is 97.1 Å². The maximum Gasteiger partial charge on any atom is 0.121 e. The molecule has 3 heteroatoms. The summed E-state index contributed by atoms with van der Waals surface area (Å²) in [5, 5.41) is 0. The van der Waals surface area contributed by atoms with Gasteiger partial charge >= 0.3 is 0 Å². The molecule has 2 aromatic carbocycles. The minimum atomic E-state index is 0.0826. The maximum absolute atomic E-state index is 6.26. The second-order valence-electron chi connectivity index (χ2n) is 11.9. The predicted molar refractivity (Wildman–Crippen MR) is 168 cm³/mol. The number of hydrogen-bond donors (Lipinski definition) is 0. The van der Waals surface area contributed by atoms with E-state index in [0.717, 1.165) is 30.8 Å². The van der Waals surface area contributed by atoms with E-state index in [9.17, 15) is 0 Å². The van der Waals surface area contributed by atoms with Crippen LogP contribution in [0.2, 0.25) is 0 Å². The molecule has 1 saturated carbocycles. The zero-order valence-corrected chi connectivity index (χ0v) is 24.7. The minimum absolute atomic E-state index is 0.0826. The first-order chi connectivity index (χ1) is 19.5. The van der Waals surface area contributed by atoms with Crippen molar-refractivity contribution >= 4 is 0 Å². The molecule has 2 unspecified atom stereocenters. The fourth-order valence-corrected chi connectivity index (χ4v) is 6.46. The number of imidazole rings is 1. The second kappa shape index (κ2) is 13.4. The Morgan fingerprint density at radius 3 is 2.55 bits per heavy atom. The van der Waals surface area contributed by atoms with Gasteiger partial charge in [-0.2, -0.15) is 0 Å². The van der Waals surface area contributed by atoms with E-state index in [0.29, 0.717) is 11.8 Å². The molecular formula is C37H46N2O. The maximum atomic E-state index is 6.26. The summed E-state index contributed by atoms with van der Waals surface area (Å²) in [5.74, 6) is 3.32. The van der Waals surface area contributed by atoms with Crippen molar-refractivity contribution < 1.29 is 4.74 Å². The molecule has 5 rings (SSSR count). The fraction of sp³-hybridized carbons (Fsp3) is 0.432. The van der Waals surface area contributed by atoms with Crippen LogP contribution in [0.5, 0.6) is 5.75 Å². The summed E-state index contributed by atoms with van der Waals surface area (Å²) in [6.07, 6.45) is 21.6. The molecule has 0 spiro atoms. The van der Waals surface area contributed by atoms with Gasteiger partial charge in [-0.25, -0.2) is 4.98 Å². The predicted octanol–water partition coefficient (Wildman–Crippen LogP) is 9.69. The van der Waals surface area contributed by atoms with Gasteiger partial charge in [-0.3, -0.25) is 0 Å². The smallest absolute Gasteiger partial charge is 0.121 e. The van der Waals surface area contributed by atoms with Crippen LogP contribution < -0.4 is 4.74 Å². The van der Waals surface area contributed by atoms with Crippen molar-refractivity contribution in [1.29, 1.82) is 0 Å². The summed E-state index contributed by atoms with van der Waals surface area (Å²) < 4.78 is 8.76. The lowest BCUT2D eigenvalue weighted by molar-refractivity contribution is 0.251. The Balaban J connectivity index is 1.40. The summed E-state index contributed by atoms with van der Waals surface area (Å²) >= 11 is 0. The van der Waals surface area contributed by atoms with Crippen molar-refractivity contribution in [3.05, 3.63) is 108 Å². The lowest BCUT2D eigenvalue weighted by atomic mass is 9.77. The van der Waals surface area contributed by atoms with Crippen molar-refractivity contribution in [3.63, 3.8) is 0 Å². The van der Waals surface area contributed by atoms with Crippen LogP contribution in [0, 0.1) is 19.8 Å². The van der Waals surface area contributed by atoms with E-state index in [-0.39, 0.29) is 6.10 Å². The van der Waals surface area contributed by atoms with Crippen LogP contribution in [0.25, 0.3) is 11.3 Å². The largest absolute Gasteiger partial charge is 0.486 e. The summed E-state index contributed by atoms with van der Waals surface area (Å²) in [6.45, 7) is 11.6. The van der Waals surface area contributed by atoms with E-state index in [1.807, 2.05) is 6.08 Å². The van der Waals surface area contributed by atoms with Crippen LogP contribution >= 0.6 is 0 Å². The topological polar surface area (TPSA) is 27.1 Å². The summed E-state index contributed by atoms with van der Waals surface area (Å²) in [6, 6.07) is 15.6. The van der Waals surface area contributed by atoms with E-state index < -0.39 is 0 Å². The van der Waals surface area contributed by atoms with Crippen LogP contribution in [0.1, 0.15) is 86.7 Å². The van der Waals surface area contributed by atoms with Crippen molar-refractivity contribution in [1.82, 2.24) is 9.55 Å². The average molecular weight is 535 g/mol. The summed E-state index contributed by atoms with van der Waals surface area (Å²) in [7, 11) is 0. The highest BCUT2D eigenvalue weighted by Gasteiger charge is 2.30. The van der Waals surface area contributed by atoms with Gasteiger partial charge in [0, 0.05) is 30.6 Å². The number of aromatic nitrogens is 2. The normalized spacial score (nSPS) is 18.4. The Hall–Kier alpha value is -3.33. The van der Waals surface area contributed by atoms with Crippen LogP contribution in [-0.4, -0.2) is 15.7 Å². The van der Waals surface area contributed by atoms with Gasteiger partial charge < -0.3 is 9.30 Å². The molecule has 0 aliphatic heterocycles. The molecule has 0 saturated heterocycles. The highest BCUT2D eigenvalue weighted by molar-refractivity contribution is 5.63. The molecule has 2 aliphatic carbocycles. The summed E-state index contributed by atoms with van der Waals surface area (Å²) in [4.78, 5) is 5.42. The third-order valence-corrected chi connectivity index (χ3v) is 8.76. The van der Waals surface area contributed by atoms with Crippen molar-refractivity contribution in [3.8, 4) is 17.0 Å². The molecule has 1 fully saturated rings. The van der Waals surface area contributed by atoms with Crippen molar-refractivity contribution in [2.24, 2.45) is 5.92 Å². The molecule has 3 aromatic rings. The van der Waals surface area contributed by atoms with Gasteiger partial charge in [0.25, 0.3) is 0 Å². The molecule has 1 heterocycles. The first-order valence-corrected chi connectivity index (χ1v) is 15.4. The highest BCUT2D eigenvalue weighted by atomic mass is 16.5. The molecule has 210 valence electrons. The zero-order valence-electron chi connectivity index (χ0n) is 24.7. The number of aryl methyl sites for hydroxylation is 3. The highest BCUT2D eigenvalue weighted by Crippen LogP contribution is 2.39. The lowest BCUT2D eigenvalue weighted by Gasteiger charge is -2.30. The van der Waals surface area contributed by atoms with Crippen LogP contribution in [0.15, 0.2) is 85.1 Å². The Bertz CT molecular complexity index is 1340. The summed E-state index contributed by atoms with van der Waals surface area (Å²) in [5.41, 5.74) is 7.54. The van der Waals surface area contributed by atoms with Gasteiger partial charge in [0.05, 0.1) is 5.69 Å². The molecule has 0 amide bonds. The molecule has 0 N–H and O–H groups in total. The Labute approximate surface area is 241 Å². The first kappa shape index (κ1) is 28.2. The van der Waals surface area contributed by atoms with Crippen LogP contribution in [-0.2, 0) is 13.0 Å². The first-order valence-electron chi connectivity index (χ1n) is 15.4. The fourth-order valence-electron chi connectivity index (χ4n) is 6.46. The number of allylic oxidation sites excluding steroid dienone is 3. The Kier molecular flexibility index (Phi) is 9.41. The number of ether oxygens (including phenoxy) is 1. The number of benzene rings is 2. The van der Waals surface area contributed by atoms with E-state index in [4.69, 9.17) is 9.72 Å². The van der Waals surface area contributed by atoms with Gasteiger partial charge in [-0.1, -0.05) is 93.3 Å². The average Bonchev–Trinajstić information content (AvgIpc) is 3.40. The SMILES string of the molecule is C=CC1=CCC(Oc2ccc(CC(c3nc(-c4ccc(C)cc4C)cn3CCCC)C3CCCCC3)cc2)C=C1. The number of unbranched alkanes of at least 4 members (excludes halogenated alkanes) is 1. The van der Waals surface area contributed by atoms with Gasteiger partial charge in [0.15, 0.2) is 0 Å². The third kappa shape index (κ3) is 6.86. The Morgan fingerprint density at radius 2 is 1.88 bits per heavy atom. The lowest BCUT2D eigenvalue weighted by Crippen LogP contribution is -2.22. The molecule has 1 aromatic heterocycles. The van der Waals surface area contributed by atoms with Gasteiger partial charge in [-0.15, -0.1) is 0 Å². The number of nitrogens with zero attached hydrogens (tertiary/aromatic N) is 2. The van der Waals surface area contributed by atoms with Gasteiger partial charge in [0.2, 0.25) is 0 Å². The van der Waals surface area contributed by atoms with Gasteiger partial charge in [0.1, 0.15) is 17.7 Å². The molecule has 0 radical (unpaired) electrons. The number of hydrogen-bond acceptors (Lipinski definition) is 2. The molecule has 2 aliphatic rings. The second-order valence-corrected chi connectivity index (χ2v) is 11.9. The van der Waals surface area contributed by atoms with Gasteiger partial charge in [-0.05, 0) is 80.4 Å². The molecule has 0 bridgehead atoms. The van der Waals surface area contributed by atoms with Crippen LogP contribution in [0.3, 0.4) is 0 Å². The minimum Gasteiger partial charge on any atom is -0.486 e. The zero-order chi connectivity index (χ0) is 27.9. The van der Waals surface area contributed by atoms with Crippen LogP contribution in [0.4, 0.5) is 0 Å². The number of rotatable bonds is 11. The van der Waals surface area contributed by atoms with E-state index in [2.05, 4.69) is 98.8 Å². The quantitative estimate of drug-likeness (QED) is 0.245. The molecular weight excluding hydrogens is 488 g/mol. The van der Waals surface area contributed by atoms with E-state index >= 15 is 0 Å². The van der Waals surface area contributed by atoms with Crippen molar-refractivity contribution in [2.75, 3.05) is 0 Å². The monoisotopic (exact) mass is 534 g/mol. The van der Waals surface area contributed by atoms with E-state index in [1.165, 1.54) is 78.6 Å². The molecule has 2 atom stereocenters. The van der Waals surface area contributed by atoms with E-state index in [1.54, 1.807) is 0 Å².